The highest BCUT2D eigenvalue weighted by Crippen LogP contribution is 2.26. The van der Waals surface area contributed by atoms with E-state index in [1.165, 1.54) is 12.0 Å². The summed E-state index contributed by atoms with van der Waals surface area (Å²) in [6.07, 6.45) is 6.31. The smallest absolute Gasteiger partial charge is 0.352 e. The van der Waals surface area contributed by atoms with Crippen LogP contribution in [0.5, 0.6) is 0 Å². The van der Waals surface area contributed by atoms with Gasteiger partial charge < -0.3 is 9.67 Å². The third-order valence-electron chi connectivity index (χ3n) is 2.94. The summed E-state index contributed by atoms with van der Waals surface area (Å²) in [6, 6.07) is 0. The van der Waals surface area contributed by atoms with Gasteiger partial charge in [-0.25, -0.2) is 4.79 Å². The molecule has 1 aliphatic rings. The first kappa shape index (κ1) is 9.31. The summed E-state index contributed by atoms with van der Waals surface area (Å²) in [4.78, 5) is 11.1. The van der Waals surface area contributed by atoms with Crippen LogP contribution in [-0.4, -0.2) is 15.6 Å². The Morgan fingerprint density at radius 2 is 2.21 bits per heavy atom. The SMILES string of the molecule is CCn1cc2c(c1C(=O)O)CCCC2. The van der Waals surface area contributed by atoms with Crippen LogP contribution in [0.3, 0.4) is 0 Å². The molecule has 0 saturated heterocycles. The summed E-state index contributed by atoms with van der Waals surface area (Å²) in [5.41, 5.74) is 2.84. The van der Waals surface area contributed by atoms with Crippen molar-refractivity contribution in [3.63, 3.8) is 0 Å². The molecule has 3 nitrogen and oxygen atoms in total. The van der Waals surface area contributed by atoms with E-state index in [4.69, 9.17) is 5.11 Å². The zero-order valence-corrected chi connectivity index (χ0v) is 8.42. The van der Waals surface area contributed by atoms with Gasteiger partial charge in [-0.15, -0.1) is 0 Å². The monoisotopic (exact) mass is 193 g/mol. The quantitative estimate of drug-likeness (QED) is 0.781. The van der Waals surface area contributed by atoms with Crippen molar-refractivity contribution in [2.45, 2.75) is 39.2 Å². The third kappa shape index (κ3) is 1.33. The number of nitrogens with zero attached hydrogens (tertiary/aromatic N) is 1. The predicted molar refractivity (Wildman–Crippen MR) is 53.7 cm³/mol. The van der Waals surface area contributed by atoms with Gasteiger partial charge in [0.1, 0.15) is 5.69 Å². The van der Waals surface area contributed by atoms with Crippen molar-refractivity contribution in [2.75, 3.05) is 0 Å². The largest absolute Gasteiger partial charge is 0.477 e. The lowest BCUT2D eigenvalue weighted by atomic mass is 9.94. The third-order valence-corrected chi connectivity index (χ3v) is 2.94. The maximum absolute atomic E-state index is 11.1. The molecule has 0 fully saturated rings. The molecule has 3 heteroatoms. The number of fused-ring (bicyclic) bond motifs is 1. The minimum absolute atomic E-state index is 0.516. The number of carboxylic acids is 1. The molecular weight excluding hydrogens is 178 g/mol. The number of aromatic nitrogens is 1. The van der Waals surface area contributed by atoms with Crippen molar-refractivity contribution in [3.05, 3.63) is 23.0 Å². The predicted octanol–water partition coefficient (Wildman–Crippen LogP) is 2.08. The first-order chi connectivity index (χ1) is 6.74. The van der Waals surface area contributed by atoms with Crippen LogP contribution in [0, 0.1) is 0 Å². The second-order valence-corrected chi connectivity index (χ2v) is 3.78. The number of carboxylic acid groups (broad SMARTS) is 1. The van der Waals surface area contributed by atoms with Crippen LogP contribution >= 0.6 is 0 Å². The first-order valence-electron chi connectivity index (χ1n) is 5.18. The average Bonchev–Trinajstić information content (AvgIpc) is 2.55. The number of rotatable bonds is 2. The van der Waals surface area contributed by atoms with Gasteiger partial charge in [0.05, 0.1) is 0 Å². The van der Waals surface area contributed by atoms with Gasteiger partial charge in [0.25, 0.3) is 0 Å². The highest BCUT2D eigenvalue weighted by atomic mass is 16.4. The van der Waals surface area contributed by atoms with Crippen molar-refractivity contribution in [1.82, 2.24) is 4.57 Å². The minimum atomic E-state index is -0.782. The van der Waals surface area contributed by atoms with Crippen molar-refractivity contribution in [1.29, 1.82) is 0 Å². The number of aryl methyl sites for hydroxylation is 2. The van der Waals surface area contributed by atoms with Crippen LogP contribution in [0.15, 0.2) is 6.20 Å². The molecule has 1 aliphatic carbocycles. The second-order valence-electron chi connectivity index (χ2n) is 3.78. The Morgan fingerprint density at radius 3 is 2.86 bits per heavy atom. The molecule has 2 rings (SSSR count). The molecule has 1 aromatic heterocycles. The summed E-state index contributed by atoms with van der Waals surface area (Å²) in [5.74, 6) is -0.782. The molecule has 0 radical (unpaired) electrons. The molecule has 1 heterocycles. The summed E-state index contributed by atoms with van der Waals surface area (Å²) < 4.78 is 1.86. The number of hydrogen-bond donors (Lipinski definition) is 1. The van der Waals surface area contributed by atoms with Gasteiger partial charge in [0.15, 0.2) is 0 Å². The molecule has 0 saturated carbocycles. The minimum Gasteiger partial charge on any atom is -0.477 e. The average molecular weight is 193 g/mol. The van der Waals surface area contributed by atoms with Crippen LogP contribution in [0.1, 0.15) is 41.4 Å². The molecule has 0 atom stereocenters. The van der Waals surface area contributed by atoms with E-state index in [1.807, 2.05) is 17.7 Å². The van der Waals surface area contributed by atoms with Crippen LogP contribution in [0.4, 0.5) is 0 Å². The van der Waals surface area contributed by atoms with Gasteiger partial charge in [-0.1, -0.05) is 0 Å². The maximum Gasteiger partial charge on any atom is 0.352 e. The van der Waals surface area contributed by atoms with Crippen molar-refractivity contribution in [3.8, 4) is 0 Å². The van der Waals surface area contributed by atoms with Gasteiger partial charge in [0, 0.05) is 12.7 Å². The van der Waals surface area contributed by atoms with E-state index < -0.39 is 5.97 Å². The Balaban J connectivity index is 2.53. The molecule has 0 amide bonds. The zero-order valence-electron chi connectivity index (χ0n) is 8.42. The topological polar surface area (TPSA) is 42.2 Å². The highest BCUT2D eigenvalue weighted by Gasteiger charge is 2.22. The van der Waals surface area contributed by atoms with E-state index >= 15 is 0 Å². The van der Waals surface area contributed by atoms with E-state index in [0.717, 1.165) is 31.4 Å². The molecule has 1 N–H and O–H groups in total. The summed E-state index contributed by atoms with van der Waals surface area (Å²) >= 11 is 0. The molecule has 0 spiro atoms. The Morgan fingerprint density at radius 1 is 1.50 bits per heavy atom. The summed E-state index contributed by atoms with van der Waals surface area (Å²) in [6.45, 7) is 2.73. The van der Waals surface area contributed by atoms with Crippen molar-refractivity contribution >= 4 is 5.97 Å². The Labute approximate surface area is 83.4 Å². The summed E-state index contributed by atoms with van der Waals surface area (Å²) in [7, 11) is 0. The Kier molecular flexibility index (Phi) is 2.32. The lowest BCUT2D eigenvalue weighted by Gasteiger charge is -2.11. The van der Waals surface area contributed by atoms with Crippen LogP contribution < -0.4 is 0 Å². The fourth-order valence-corrected chi connectivity index (χ4v) is 2.27. The zero-order chi connectivity index (χ0) is 10.1. The molecule has 0 aliphatic heterocycles. The molecule has 1 aromatic rings. The fraction of sp³-hybridized carbons (Fsp3) is 0.545. The number of aromatic carboxylic acids is 1. The van der Waals surface area contributed by atoms with E-state index in [9.17, 15) is 4.79 Å². The van der Waals surface area contributed by atoms with E-state index in [0.29, 0.717) is 5.69 Å². The van der Waals surface area contributed by atoms with E-state index in [2.05, 4.69) is 0 Å². The lowest BCUT2D eigenvalue weighted by Crippen LogP contribution is -2.10. The number of carbonyl (C=O) groups is 1. The van der Waals surface area contributed by atoms with Crippen LogP contribution in [-0.2, 0) is 19.4 Å². The normalized spacial score (nSPS) is 15.2. The molecule has 0 aromatic carbocycles. The molecule has 0 unspecified atom stereocenters. The van der Waals surface area contributed by atoms with E-state index in [-0.39, 0.29) is 0 Å². The van der Waals surface area contributed by atoms with E-state index in [1.54, 1.807) is 0 Å². The fourth-order valence-electron chi connectivity index (χ4n) is 2.27. The molecule has 76 valence electrons. The van der Waals surface area contributed by atoms with Gasteiger partial charge in [-0.2, -0.15) is 0 Å². The van der Waals surface area contributed by atoms with Crippen molar-refractivity contribution in [2.24, 2.45) is 0 Å². The van der Waals surface area contributed by atoms with Gasteiger partial charge in [-0.3, -0.25) is 0 Å². The van der Waals surface area contributed by atoms with Crippen molar-refractivity contribution < 1.29 is 9.90 Å². The highest BCUT2D eigenvalue weighted by molar-refractivity contribution is 5.88. The van der Waals surface area contributed by atoms with Gasteiger partial charge in [-0.05, 0) is 43.7 Å². The summed E-state index contributed by atoms with van der Waals surface area (Å²) in [5, 5.41) is 9.12. The molecule has 0 bridgehead atoms. The molecule has 14 heavy (non-hydrogen) atoms. The Bertz CT molecular complexity index is 366. The van der Waals surface area contributed by atoms with Gasteiger partial charge in [0.2, 0.25) is 0 Å². The lowest BCUT2D eigenvalue weighted by molar-refractivity contribution is 0.0684. The first-order valence-corrected chi connectivity index (χ1v) is 5.18. The Hall–Kier alpha value is -1.25. The van der Waals surface area contributed by atoms with Gasteiger partial charge >= 0.3 is 5.97 Å². The molecular formula is C11H15NO2. The standard InChI is InChI=1S/C11H15NO2/c1-2-12-7-8-5-3-4-6-9(8)10(12)11(13)14/h7H,2-6H2,1H3,(H,13,14). The second kappa shape index (κ2) is 3.48. The van der Waals surface area contributed by atoms with Crippen LogP contribution in [0.25, 0.3) is 0 Å². The van der Waals surface area contributed by atoms with Crippen LogP contribution in [0.2, 0.25) is 0 Å². The number of hydrogen-bond acceptors (Lipinski definition) is 1. The maximum atomic E-state index is 11.1.